The number of carbonyl (C=O) groups is 3. The fraction of sp³-hybridized carbons (Fsp3) is 0.423. The number of oxazole rings is 2. The number of pyridine rings is 2. The van der Waals surface area contributed by atoms with Crippen LogP contribution < -0.4 is 20.1 Å². The number of unbranched alkanes of at least 4 members (excludes halogenated alkanes) is 4. The van der Waals surface area contributed by atoms with Crippen LogP contribution in [0.5, 0.6) is 11.8 Å². The van der Waals surface area contributed by atoms with E-state index in [9.17, 15) is 14.4 Å². The Kier molecular flexibility index (Phi) is 17.4. The lowest BCUT2D eigenvalue weighted by Crippen LogP contribution is -2.28. The van der Waals surface area contributed by atoms with Crippen LogP contribution in [-0.2, 0) is 9.59 Å². The molecule has 2 atom stereocenters. The molecule has 0 fully saturated rings. The second kappa shape index (κ2) is 24.0. The molecule has 2 N–H and O–H groups in total. The predicted octanol–water partition coefficient (Wildman–Crippen LogP) is 11.0. The summed E-state index contributed by atoms with van der Waals surface area (Å²) in [5.74, 6) is 2.84. The van der Waals surface area contributed by atoms with Gasteiger partial charge >= 0.3 is 0 Å². The molecule has 0 bridgehead atoms. The molecule has 0 aliphatic carbocycles. The lowest BCUT2D eigenvalue weighted by atomic mass is 10.0. The van der Waals surface area contributed by atoms with E-state index in [-0.39, 0.29) is 17.5 Å². The minimum absolute atomic E-state index is 0.235. The van der Waals surface area contributed by atoms with E-state index in [0.717, 1.165) is 66.9 Å². The number of nitrogens with one attached hydrogen (secondary N) is 2. The first kappa shape index (κ1) is 49.4. The Labute approximate surface area is 401 Å². The van der Waals surface area contributed by atoms with Crippen molar-refractivity contribution in [1.29, 1.82) is 0 Å². The number of methoxy groups -OCH3 is 2. The van der Waals surface area contributed by atoms with Gasteiger partial charge in [0.05, 0.1) is 54.7 Å². The summed E-state index contributed by atoms with van der Waals surface area (Å²) >= 11 is 1.29. The molecule has 7 rings (SSSR count). The molecule has 5 aromatic heterocycles. The van der Waals surface area contributed by atoms with Gasteiger partial charge in [0.2, 0.25) is 23.5 Å². The van der Waals surface area contributed by atoms with Crippen LogP contribution in [0.4, 0.5) is 5.82 Å². The second-order valence-electron chi connectivity index (χ2n) is 17.1. The number of thiazole rings is 1. The minimum Gasteiger partial charge on any atom is -0.480 e. The molecule has 0 unspecified atom stereocenters. The maximum Gasteiger partial charge on any atom is 0.263 e. The highest BCUT2D eigenvalue weighted by atomic mass is 32.1. The first-order chi connectivity index (χ1) is 33.1. The number of ether oxygens (including phenoxy) is 2. The molecule has 7 aromatic rings. The number of hydrogen-bond donors (Lipinski definition) is 2. The lowest BCUT2D eigenvalue weighted by molar-refractivity contribution is -0.119. The number of amides is 1. The van der Waals surface area contributed by atoms with E-state index in [2.05, 4.69) is 25.5 Å². The van der Waals surface area contributed by atoms with Crippen molar-refractivity contribution in [3.05, 3.63) is 94.7 Å². The Morgan fingerprint density at radius 1 is 0.721 bits per heavy atom. The molecule has 16 heteroatoms. The van der Waals surface area contributed by atoms with Gasteiger partial charge in [0.15, 0.2) is 17.3 Å². The molecule has 5 heterocycles. The number of Topliss-reactive ketones (excluding diaryl/α,β-unsaturated/α-hetero) is 2. The summed E-state index contributed by atoms with van der Waals surface area (Å²) in [6.45, 7) is 5.12. The number of likely N-dealkylation sites (N-methyl/N-ethyl adjacent to an activating group) is 1. The summed E-state index contributed by atoms with van der Waals surface area (Å²) in [7, 11) is 7.18. The van der Waals surface area contributed by atoms with E-state index >= 15 is 0 Å². The molecule has 0 spiro atoms. The SMILES string of the molecule is CCC(=O)CCCCC[C@@H](c1nc(NCCN(C)C)c(-c2cc3ccccc3nc2OC)o1)c1ncc(C(=O)N[C@@H](CCCCCC(=O)CC)c2ncc(-c3cc4ccccc4nc3OC)o2)s1. The summed E-state index contributed by atoms with van der Waals surface area (Å²) < 4.78 is 24.7. The zero-order valence-electron chi connectivity index (χ0n) is 39.9. The third kappa shape index (κ3) is 12.5. The van der Waals surface area contributed by atoms with E-state index in [4.69, 9.17) is 33.3 Å². The molecule has 0 aliphatic heterocycles. The quantitative estimate of drug-likeness (QED) is 0.0463. The third-order valence-corrected chi connectivity index (χ3v) is 13.0. The molecule has 358 valence electrons. The second-order valence-corrected chi connectivity index (χ2v) is 18.2. The number of fused-ring (bicyclic) bond motifs is 2. The number of carbonyl (C=O) groups excluding carboxylic acids is 3. The summed E-state index contributed by atoms with van der Waals surface area (Å²) in [5.41, 5.74) is 2.88. The topological polar surface area (TPSA) is 188 Å². The molecular weight excluding hydrogens is 881 g/mol. The number of benzene rings is 2. The number of anilines is 1. The van der Waals surface area contributed by atoms with Gasteiger partial charge in [-0.15, -0.1) is 11.3 Å². The standard InChI is InChI=1S/C52H62N8O7S/c1-7-35(61)21-11-9-13-23-37(50-59-46(53-27-28-60(3)4)45(67-50)39-30-34-20-16-18-25-41(34)58-49(39)65-6)52-55-32-44(68-52)47(63)56-42(26-14-10-12-22-36(62)8-2)51-54-31-43(66-51)38-29-33-19-15-17-24-40(33)57-48(38)64-5/h15-20,24-25,29-32,37,42,53H,7-14,21-23,26-28H2,1-6H3,(H,56,63)/t37-,42-/m0/s1. The van der Waals surface area contributed by atoms with E-state index < -0.39 is 12.0 Å². The predicted molar refractivity (Wildman–Crippen MR) is 266 cm³/mol. The van der Waals surface area contributed by atoms with Crippen LogP contribution in [0.25, 0.3) is 44.5 Å². The molecule has 68 heavy (non-hydrogen) atoms. The van der Waals surface area contributed by atoms with Crippen LogP contribution in [0.15, 0.2) is 81.9 Å². The lowest BCUT2D eigenvalue weighted by Gasteiger charge is -2.15. The molecule has 0 aliphatic rings. The Morgan fingerprint density at radius 3 is 1.97 bits per heavy atom. The minimum atomic E-state index is -0.583. The van der Waals surface area contributed by atoms with Gasteiger partial charge in [0.25, 0.3) is 5.91 Å². The maximum absolute atomic E-state index is 14.3. The van der Waals surface area contributed by atoms with E-state index in [1.165, 1.54) is 11.3 Å². The van der Waals surface area contributed by atoms with Crippen molar-refractivity contribution < 1.29 is 32.7 Å². The van der Waals surface area contributed by atoms with Gasteiger partial charge in [-0.05, 0) is 64.0 Å². The zero-order chi connectivity index (χ0) is 48.0. The van der Waals surface area contributed by atoms with Crippen LogP contribution in [0.3, 0.4) is 0 Å². The van der Waals surface area contributed by atoms with E-state index in [0.29, 0.717) is 107 Å². The Morgan fingerprint density at radius 2 is 1.34 bits per heavy atom. The van der Waals surface area contributed by atoms with Crippen molar-refractivity contribution in [3.63, 3.8) is 0 Å². The van der Waals surface area contributed by atoms with Gasteiger partial charge in [0, 0.05) is 49.5 Å². The molecular formula is C52H62N8O7S. The summed E-state index contributed by atoms with van der Waals surface area (Å²) in [4.78, 5) is 65.1. The fourth-order valence-corrected chi connectivity index (χ4v) is 9.00. The highest BCUT2D eigenvalue weighted by Gasteiger charge is 2.30. The van der Waals surface area contributed by atoms with Crippen molar-refractivity contribution in [3.8, 4) is 34.4 Å². The number of para-hydroxylation sites is 2. The molecule has 0 saturated carbocycles. The van der Waals surface area contributed by atoms with Crippen molar-refractivity contribution in [1.82, 2.24) is 35.1 Å². The first-order valence-corrected chi connectivity index (χ1v) is 24.4. The van der Waals surface area contributed by atoms with Crippen LogP contribution in [0.1, 0.15) is 129 Å². The van der Waals surface area contributed by atoms with Gasteiger partial charge in [-0.3, -0.25) is 14.4 Å². The van der Waals surface area contributed by atoms with Gasteiger partial charge in [0.1, 0.15) is 27.5 Å². The van der Waals surface area contributed by atoms with Gasteiger partial charge in [-0.2, -0.15) is 4.98 Å². The highest BCUT2D eigenvalue weighted by Crippen LogP contribution is 2.42. The van der Waals surface area contributed by atoms with Gasteiger partial charge in [-0.25, -0.2) is 19.9 Å². The average molecular weight is 943 g/mol. The van der Waals surface area contributed by atoms with Crippen LogP contribution in [0, 0.1) is 0 Å². The summed E-state index contributed by atoms with van der Waals surface area (Å²) in [6.07, 6.45) is 11.2. The van der Waals surface area contributed by atoms with Crippen molar-refractivity contribution in [2.24, 2.45) is 0 Å². The van der Waals surface area contributed by atoms with Crippen LogP contribution >= 0.6 is 11.3 Å². The number of rotatable bonds is 27. The molecule has 15 nitrogen and oxygen atoms in total. The number of nitrogens with zero attached hydrogens (tertiary/aromatic N) is 6. The molecule has 2 aromatic carbocycles. The average Bonchev–Trinajstić information content (AvgIpc) is 4.15. The third-order valence-electron chi connectivity index (χ3n) is 11.9. The summed E-state index contributed by atoms with van der Waals surface area (Å²) in [5, 5.41) is 9.20. The largest absolute Gasteiger partial charge is 0.480 e. The molecule has 0 saturated heterocycles. The number of aromatic nitrogens is 5. The number of ketones is 2. The Bertz CT molecular complexity index is 2800. The first-order valence-electron chi connectivity index (χ1n) is 23.6. The Balaban J connectivity index is 1.19. The number of hydrogen-bond acceptors (Lipinski definition) is 15. The van der Waals surface area contributed by atoms with Gasteiger partial charge < -0.3 is 33.8 Å². The normalized spacial score (nSPS) is 12.4. The highest BCUT2D eigenvalue weighted by molar-refractivity contribution is 7.13. The van der Waals surface area contributed by atoms with Crippen LogP contribution in [-0.4, -0.2) is 88.7 Å². The smallest absolute Gasteiger partial charge is 0.263 e. The van der Waals surface area contributed by atoms with Crippen molar-refractivity contribution in [2.75, 3.05) is 46.7 Å². The molecule has 1 amide bonds. The maximum atomic E-state index is 14.3. The Hall–Kier alpha value is -6.52. The van der Waals surface area contributed by atoms with Crippen LogP contribution in [0.2, 0.25) is 0 Å². The van der Waals surface area contributed by atoms with Crippen molar-refractivity contribution >= 4 is 56.4 Å². The zero-order valence-corrected chi connectivity index (χ0v) is 40.7. The van der Waals surface area contributed by atoms with E-state index in [1.807, 2.05) is 88.6 Å². The fourth-order valence-electron chi connectivity index (χ4n) is 8.05. The van der Waals surface area contributed by atoms with E-state index in [1.54, 1.807) is 26.6 Å². The molecule has 0 radical (unpaired) electrons. The van der Waals surface area contributed by atoms with Crippen molar-refractivity contribution in [2.45, 2.75) is 103 Å². The van der Waals surface area contributed by atoms with Gasteiger partial charge in [-0.1, -0.05) is 75.9 Å². The monoisotopic (exact) mass is 942 g/mol. The summed E-state index contributed by atoms with van der Waals surface area (Å²) in [6, 6.07) is 19.0.